The molecule has 0 saturated heterocycles. The lowest BCUT2D eigenvalue weighted by molar-refractivity contribution is -0.123. The number of rotatable bonds is 7. The summed E-state index contributed by atoms with van der Waals surface area (Å²) in [5.74, 6) is 0.234. The Morgan fingerprint density at radius 2 is 1.88 bits per heavy atom. The number of nitrogens with zero attached hydrogens (tertiary/aromatic N) is 3. The van der Waals surface area contributed by atoms with Gasteiger partial charge in [0.15, 0.2) is 12.3 Å². The summed E-state index contributed by atoms with van der Waals surface area (Å²) in [6.45, 7) is 4.28. The Bertz CT molecular complexity index is 1470. The number of fused-ring (bicyclic) bond motifs is 2. The second-order valence-corrected chi connectivity index (χ2v) is 8.55. The third-order valence-electron chi connectivity index (χ3n) is 6.13. The molecule has 7 heteroatoms. The second-order valence-electron chi connectivity index (χ2n) is 8.55. The van der Waals surface area contributed by atoms with E-state index >= 15 is 0 Å². The smallest absolute Gasteiger partial charge is 0.258 e. The van der Waals surface area contributed by atoms with Crippen LogP contribution in [0.5, 0.6) is 5.88 Å². The summed E-state index contributed by atoms with van der Waals surface area (Å²) < 4.78 is 7.52. The van der Waals surface area contributed by atoms with Crippen LogP contribution in [0.2, 0.25) is 0 Å². The molecule has 5 aromatic rings. The Labute approximate surface area is 197 Å². The van der Waals surface area contributed by atoms with Crippen LogP contribution in [0.1, 0.15) is 28.3 Å². The molecule has 3 heterocycles. The van der Waals surface area contributed by atoms with E-state index in [0.29, 0.717) is 12.4 Å². The lowest BCUT2D eigenvalue weighted by atomic mass is 9.91. The van der Waals surface area contributed by atoms with Gasteiger partial charge in [-0.05, 0) is 42.7 Å². The predicted molar refractivity (Wildman–Crippen MR) is 133 cm³/mol. The zero-order chi connectivity index (χ0) is 23.7. The Kier molecular flexibility index (Phi) is 5.76. The zero-order valence-electron chi connectivity index (χ0n) is 19.5. The first-order valence-corrected chi connectivity index (χ1v) is 11.3. The van der Waals surface area contributed by atoms with Gasteiger partial charge < -0.3 is 15.0 Å². The van der Waals surface area contributed by atoms with Crippen molar-refractivity contribution in [2.24, 2.45) is 7.05 Å². The van der Waals surface area contributed by atoms with E-state index in [0.717, 1.165) is 44.3 Å². The molecule has 34 heavy (non-hydrogen) atoms. The highest BCUT2D eigenvalue weighted by atomic mass is 16.5. The summed E-state index contributed by atoms with van der Waals surface area (Å²) in [5.41, 5.74) is 6.05. The molecule has 0 radical (unpaired) electrons. The van der Waals surface area contributed by atoms with Crippen molar-refractivity contribution >= 4 is 27.8 Å². The van der Waals surface area contributed by atoms with E-state index in [1.807, 2.05) is 63.5 Å². The van der Waals surface area contributed by atoms with Gasteiger partial charge in [0.05, 0.1) is 5.39 Å². The zero-order valence-corrected chi connectivity index (χ0v) is 19.5. The number of ether oxygens (including phenoxy) is 1. The number of amides is 1. The van der Waals surface area contributed by atoms with Crippen LogP contribution >= 0.6 is 0 Å². The second kappa shape index (κ2) is 9.02. The van der Waals surface area contributed by atoms with E-state index in [4.69, 9.17) is 4.74 Å². The average Bonchev–Trinajstić information content (AvgIpc) is 3.40. The number of pyridine rings is 1. The highest BCUT2D eigenvalue weighted by molar-refractivity contribution is 5.86. The Morgan fingerprint density at radius 1 is 1.12 bits per heavy atom. The van der Waals surface area contributed by atoms with Crippen molar-refractivity contribution in [3.05, 3.63) is 89.2 Å². The number of H-pyrrole nitrogens is 1. The molecule has 0 aliphatic carbocycles. The molecule has 2 N–H and O–H groups in total. The maximum absolute atomic E-state index is 12.8. The van der Waals surface area contributed by atoms with Crippen LogP contribution in [-0.2, 0) is 11.8 Å². The standard InChI is InChI=1S/C27H27N5O2/c1-17-13-18(2)30-26-25(17)27(31-32(26)3)34-16-24(33)29-14-21(19-9-5-4-6-10-19)22-15-28-23-12-8-7-11-20(22)23/h4-13,15,21,28H,14,16H2,1-3H3,(H,29,33). The molecule has 1 unspecified atom stereocenters. The molecule has 0 spiro atoms. The third-order valence-corrected chi connectivity index (χ3v) is 6.13. The van der Waals surface area contributed by atoms with Crippen molar-refractivity contribution < 1.29 is 9.53 Å². The minimum Gasteiger partial charge on any atom is -0.466 e. The van der Waals surface area contributed by atoms with Gasteiger partial charge in [-0.25, -0.2) is 9.67 Å². The Hall–Kier alpha value is -4.13. The molecule has 0 aliphatic heterocycles. The fraction of sp³-hybridized carbons (Fsp3) is 0.222. The van der Waals surface area contributed by atoms with Gasteiger partial charge in [-0.1, -0.05) is 48.5 Å². The summed E-state index contributed by atoms with van der Waals surface area (Å²) in [6, 6.07) is 20.4. The number of aromatic nitrogens is 4. The van der Waals surface area contributed by atoms with Crippen LogP contribution in [0.3, 0.4) is 0 Å². The number of aromatic amines is 1. The van der Waals surface area contributed by atoms with Crippen molar-refractivity contribution in [2.75, 3.05) is 13.2 Å². The molecule has 1 atom stereocenters. The van der Waals surface area contributed by atoms with Crippen molar-refractivity contribution in [1.82, 2.24) is 25.1 Å². The van der Waals surface area contributed by atoms with Crippen molar-refractivity contribution in [2.45, 2.75) is 19.8 Å². The van der Waals surface area contributed by atoms with Gasteiger partial charge in [-0.3, -0.25) is 4.79 Å². The summed E-state index contributed by atoms with van der Waals surface area (Å²) in [6.07, 6.45) is 2.03. The van der Waals surface area contributed by atoms with Crippen LogP contribution < -0.4 is 10.1 Å². The van der Waals surface area contributed by atoms with Gasteiger partial charge >= 0.3 is 0 Å². The van der Waals surface area contributed by atoms with Crippen LogP contribution in [-0.4, -0.2) is 38.8 Å². The van der Waals surface area contributed by atoms with E-state index in [9.17, 15) is 4.79 Å². The van der Waals surface area contributed by atoms with Gasteiger partial charge in [-0.2, -0.15) is 0 Å². The molecular formula is C27H27N5O2. The number of benzene rings is 2. The van der Waals surface area contributed by atoms with E-state index in [1.54, 1.807) is 4.68 Å². The largest absolute Gasteiger partial charge is 0.466 e. The van der Waals surface area contributed by atoms with Crippen LogP contribution in [0, 0.1) is 13.8 Å². The molecule has 7 nitrogen and oxygen atoms in total. The topological polar surface area (TPSA) is 84.8 Å². The molecule has 2 aromatic carbocycles. The first-order chi connectivity index (χ1) is 16.5. The molecule has 1 amide bonds. The van der Waals surface area contributed by atoms with Gasteiger partial charge in [0.2, 0.25) is 5.88 Å². The van der Waals surface area contributed by atoms with E-state index in [2.05, 4.69) is 44.6 Å². The summed E-state index contributed by atoms with van der Waals surface area (Å²) in [4.78, 5) is 20.7. The quantitative estimate of drug-likeness (QED) is 0.383. The van der Waals surface area contributed by atoms with Gasteiger partial charge in [0, 0.05) is 42.3 Å². The molecule has 5 rings (SSSR count). The highest BCUT2D eigenvalue weighted by Gasteiger charge is 2.20. The van der Waals surface area contributed by atoms with Crippen molar-refractivity contribution in [3.8, 4) is 5.88 Å². The molecule has 0 aliphatic rings. The molecule has 172 valence electrons. The number of nitrogens with one attached hydrogen (secondary N) is 2. The molecule has 0 saturated carbocycles. The number of aryl methyl sites for hydroxylation is 3. The molecule has 0 fully saturated rings. The predicted octanol–water partition coefficient (Wildman–Crippen LogP) is 4.39. The van der Waals surface area contributed by atoms with E-state index in [1.165, 1.54) is 0 Å². The maximum atomic E-state index is 12.8. The SMILES string of the molecule is Cc1cc(C)c2c(OCC(=O)NCC(c3ccccc3)c3c[nH]c4ccccc34)nn(C)c2n1. The van der Waals surface area contributed by atoms with E-state index < -0.39 is 0 Å². The average molecular weight is 454 g/mol. The maximum Gasteiger partial charge on any atom is 0.258 e. The first kappa shape index (κ1) is 21.7. The number of carbonyl (C=O) groups is 1. The van der Waals surface area contributed by atoms with Gasteiger partial charge in [0.1, 0.15) is 0 Å². The Morgan fingerprint density at radius 3 is 2.71 bits per heavy atom. The van der Waals surface area contributed by atoms with Crippen LogP contribution in [0.4, 0.5) is 0 Å². The summed E-state index contributed by atoms with van der Waals surface area (Å²) in [7, 11) is 1.83. The van der Waals surface area contributed by atoms with Crippen molar-refractivity contribution in [1.29, 1.82) is 0 Å². The number of carbonyl (C=O) groups excluding carboxylic acids is 1. The third kappa shape index (κ3) is 4.12. The normalized spacial score (nSPS) is 12.2. The summed E-state index contributed by atoms with van der Waals surface area (Å²) in [5, 5.41) is 9.47. The lowest BCUT2D eigenvalue weighted by Crippen LogP contribution is -2.32. The molecular weight excluding hydrogens is 426 g/mol. The fourth-order valence-electron chi connectivity index (χ4n) is 4.53. The number of para-hydroxylation sites is 1. The first-order valence-electron chi connectivity index (χ1n) is 11.3. The number of hydrogen-bond acceptors (Lipinski definition) is 4. The van der Waals surface area contributed by atoms with Crippen LogP contribution in [0.25, 0.3) is 21.9 Å². The monoisotopic (exact) mass is 453 g/mol. The Balaban J connectivity index is 1.33. The molecule has 3 aromatic heterocycles. The highest BCUT2D eigenvalue weighted by Crippen LogP contribution is 2.30. The number of hydrogen-bond donors (Lipinski definition) is 2. The molecule has 0 bridgehead atoms. The minimum atomic E-state index is -0.197. The van der Waals surface area contributed by atoms with E-state index in [-0.39, 0.29) is 18.4 Å². The fourth-order valence-corrected chi connectivity index (χ4v) is 4.53. The van der Waals surface area contributed by atoms with Gasteiger partial charge in [-0.15, -0.1) is 5.10 Å². The van der Waals surface area contributed by atoms with Crippen molar-refractivity contribution in [3.63, 3.8) is 0 Å². The lowest BCUT2D eigenvalue weighted by Gasteiger charge is -2.18. The van der Waals surface area contributed by atoms with Gasteiger partial charge in [0.25, 0.3) is 5.91 Å². The minimum absolute atomic E-state index is 0.00593. The van der Waals surface area contributed by atoms with Crippen LogP contribution in [0.15, 0.2) is 66.9 Å². The summed E-state index contributed by atoms with van der Waals surface area (Å²) >= 11 is 0.